The molecule has 2 aromatic rings. The van der Waals surface area contributed by atoms with E-state index in [0.717, 1.165) is 27.4 Å². The molecule has 2 rings (SSSR count). The molecule has 19 heavy (non-hydrogen) atoms. The summed E-state index contributed by atoms with van der Waals surface area (Å²) in [6, 6.07) is 5.67. The number of hydrogen-bond acceptors (Lipinski definition) is 4. The number of anilines is 1. The third kappa shape index (κ3) is 3.33. The van der Waals surface area contributed by atoms with Gasteiger partial charge in [0.1, 0.15) is 5.84 Å². The van der Waals surface area contributed by atoms with Gasteiger partial charge >= 0.3 is 0 Å². The molecule has 0 aliphatic heterocycles. The monoisotopic (exact) mass is 338 g/mol. The molecule has 4 nitrogen and oxygen atoms in total. The fraction of sp³-hybridized carbons (Fsp3) is 0.231. The summed E-state index contributed by atoms with van der Waals surface area (Å²) in [7, 11) is 2.02. The fourth-order valence-electron chi connectivity index (χ4n) is 1.79. The van der Waals surface area contributed by atoms with Gasteiger partial charge in [0, 0.05) is 22.5 Å². The van der Waals surface area contributed by atoms with E-state index in [9.17, 15) is 0 Å². The summed E-state index contributed by atoms with van der Waals surface area (Å²) in [5, 5.41) is 10.6. The number of aryl methyl sites for hydroxylation is 1. The van der Waals surface area contributed by atoms with Gasteiger partial charge < -0.3 is 10.6 Å². The van der Waals surface area contributed by atoms with Gasteiger partial charge in [-0.25, -0.2) is 4.98 Å². The maximum absolute atomic E-state index is 7.43. The summed E-state index contributed by atoms with van der Waals surface area (Å²) < 4.78 is 0.926. The minimum absolute atomic E-state index is 0.0741. The number of nitrogen functional groups attached to an aromatic ring is 1. The third-order valence-corrected chi connectivity index (χ3v) is 4.19. The van der Waals surface area contributed by atoms with E-state index < -0.39 is 0 Å². The van der Waals surface area contributed by atoms with Crippen molar-refractivity contribution in [2.45, 2.75) is 13.5 Å². The molecule has 3 N–H and O–H groups in total. The standard InChI is InChI=1S/C13H15BrN4S/c1-8-17-10(7-19-8)6-18(2)12-4-3-9(13(15)16)5-11(12)14/h3-5,7H,6H2,1-2H3,(H3,15,16). The molecule has 0 bridgehead atoms. The molecule has 100 valence electrons. The van der Waals surface area contributed by atoms with Crippen LogP contribution in [-0.4, -0.2) is 17.9 Å². The minimum atomic E-state index is 0.0741. The Morgan fingerprint density at radius 3 is 2.79 bits per heavy atom. The highest BCUT2D eigenvalue weighted by molar-refractivity contribution is 9.10. The number of nitrogens with two attached hydrogens (primary N) is 1. The Hall–Kier alpha value is -1.40. The lowest BCUT2D eigenvalue weighted by Crippen LogP contribution is -2.18. The van der Waals surface area contributed by atoms with E-state index in [1.54, 1.807) is 11.3 Å². The van der Waals surface area contributed by atoms with Crippen LogP contribution in [0.2, 0.25) is 0 Å². The Morgan fingerprint density at radius 1 is 1.53 bits per heavy atom. The maximum Gasteiger partial charge on any atom is 0.122 e. The molecule has 0 aliphatic rings. The zero-order chi connectivity index (χ0) is 14.0. The molecule has 0 atom stereocenters. The molecule has 0 amide bonds. The lowest BCUT2D eigenvalue weighted by molar-refractivity contribution is 0.888. The van der Waals surface area contributed by atoms with Crippen molar-refractivity contribution in [2.24, 2.45) is 5.73 Å². The molecule has 0 saturated carbocycles. The summed E-state index contributed by atoms with van der Waals surface area (Å²) in [5.74, 6) is 0.0741. The number of hydrogen-bond donors (Lipinski definition) is 2. The number of nitrogens with zero attached hydrogens (tertiary/aromatic N) is 2. The molecular weight excluding hydrogens is 324 g/mol. The van der Waals surface area contributed by atoms with Crippen LogP contribution in [0.3, 0.4) is 0 Å². The van der Waals surface area contributed by atoms with Crippen molar-refractivity contribution in [1.82, 2.24) is 4.98 Å². The van der Waals surface area contributed by atoms with Gasteiger partial charge in [-0.1, -0.05) is 0 Å². The molecule has 0 spiro atoms. The van der Waals surface area contributed by atoms with Crippen molar-refractivity contribution in [2.75, 3.05) is 11.9 Å². The van der Waals surface area contributed by atoms with Gasteiger partial charge in [0.05, 0.1) is 22.9 Å². The summed E-state index contributed by atoms with van der Waals surface area (Å²) in [5.41, 5.74) is 8.31. The highest BCUT2D eigenvalue weighted by atomic mass is 79.9. The number of thiazole rings is 1. The Morgan fingerprint density at radius 2 is 2.26 bits per heavy atom. The highest BCUT2D eigenvalue weighted by Crippen LogP contribution is 2.27. The average molecular weight is 339 g/mol. The number of amidine groups is 1. The van der Waals surface area contributed by atoms with Crippen molar-refractivity contribution in [3.63, 3.8) is 0 Å². The van der Waals surface area contributed by atoms with E-state index in [1.165, 1.54) is 0 Å². The van der Waals surface area contributed by atoms with E-state index in [0.29, 0.717) is 5.56 Å². The zero-order valence-corrected chi connectivity index (χ0v) is 13.2. The van der Waals surface area contributed by atoms with Crippen molar-refractivity contribution in [1.29, 1.82) is 5.41 Å². The lowest BCUT2D eigenvalue weighted by atomic mass is 10.2. The molecule has 0 saturated heterocycles. The van der Waals surface area contributed by atoms with Crippen molar-refractivity contribution in [3.8, 4) is 0 Å². The van der Waals surface area contributed by atoms with Crippen LogP contribution in [-0.2, 0) is 6.54 Å². The molecule has 0 aliphatic carbocycles. The smallest absolute Gasteiger partial charge is 0.122 e. The average Bonchev–Trinajstić information content (AvgIpc) is 2.74. The second-order valence-electron chi connectivity index (χ2n) is 4.29. The topological polar surface area (TPSA) is 66.0 Å². The fourth-order valence-corrected chi connectivity index (χ4v) is 3.08. The molecule has 1 heterocycles. The molecule has 6 heteroatoms. The van der Waals surface area contributed by atoms with Crippen LogP contribution in [0.5, 0.6) is 0 Å². The van der Waals surface area contributed by atoms with Crippen molar-refractivity contribution < 1.29 is 0 Å². The van der Waals surface area contributed by atoms with E-state index in [1.807, 2.05) is 32.2 Å². The largest absolute Gasteiger partial charge is 0.384 e. The molecule has 1 aromatic carbocycles. The zero-order valence-electron chi connectivity index (χ0n) is 10.8. The second-order valence-corrected chi connectivity index (χ2v) is 6.21. The second kappa shape index (κ2) is 5.71. The Kier molecular flexibility index (Phi) is 4.21. The molecule has 0 fully saturated rings. The minimum Gasteiger partial charge on any atom is -0.384 e. The molecule has 0 unspecified atom stereocenters. The third-order valence-electron chi connectivity index (χ3n) is 2.74. The predicted molar refractivity (Wildman–Crippen MR) is 84.1 cm³/mol. The van der Waals surface area contributed by atoms with E-state index >= 15 is 0 Å². The van der Waals surface area contributed by atoms with Crippen molar-refractivity contribution >= 4 is 38.8 Å². The Balaban J connectivity index is 2.19. The molecule has 0 radical (unpaired) electrons. The normalized spacial score (nSPS) is 10.5. The van der Waals surface area contributed by atoms with Gasteiger partial charge in [0.15, 0.2) is 0 Å². The molecular formula is C13H15BrN4S. The number of rotatable bonds is 4. The quantitative estimate of drug-likeness (QED) is 0.664. The van der Waals surface area contributed by atoms with Gasteiger partial charge in [0.25, 0.3) is 0 Å². The number of aromatic nitrogens is 1. The van der Waals surface area contributed by atoms with Crippen LogP contribution in [0.4, 0.5) is 5.69 Å². The SMILES string of the molecule is Cc1nc(CN(C)c2ccc(C(=N)N)cc2Br)cs1. The van der Waals surface area contributed by atoms with Crippen LogP contribution in [0.25, 0.3) is 0 Å². The Labute approximate surface area is 124 Å². The first-order valence-electron chi connectivity index (χ1n) is 5.73. The number of halogens is 1. The lowest BCUT2D eigenvalue weighted by Gasteiger charge is -2.20. The number of benzene rings is 1. The van der Waals surface area contributed by atoms with E-state index in [4.69, 9.17) is 11.1 Å². The van der Waals surface area contributed by atoms with Crippen LogP contribution >= 0.6 is 27.3 Å². The van der Waals surface area contributed by atoms with Gasteiger partial charge in [-0.15, -0.1) is 11.3 Å². The van der Waals surface area contributed by atoms with E-state index in [2.05, 4.69) is 31.2 Å². The van der Waals surface area contributed by atoms with Crippen LogP contribution in [0, 0.1) is 12.3 Å². The van der Waals surface area contributed by atoms with Gasteiger partial charge in [-0.3, -0.25) is 5.41 Å². The van der Waals surface area contributed by atoms with Gasteiger partial charge in [-0.2, -0.15) is 0 Å². The Bertz CT molecular complexity index is 608. The first-order chi connectivity index (χ1) is 8.97. The van der Waals surface area contributed by atoms with Crippen molar-refractivity contribution in [3.05, 3.63) is 44.3 Å². The highest BCUT2D eigenvalue weighted by Gasteiger charge is 2.09. The van der Waals surface area contributed by atoms with E-state index in [-0.39, 0.29) is 5.84 Å². The van der Waals surface area contributed by atoms with Crippen LogP contribution in [0.1, 0.15) is 16.3 Å². The first-order valence-corrected chi connectivity index (χ1v) is 7.40. The summed E-state index contributed by atoms with van der Waals surface area (Å²) in [6.45, 7) is 2.76. The molecule has 1 aromatic heterocycles. The predicted octanol–water partition coefficient (Wildman–Crippen LogP) is 3.13. The van der Waals surface area contributed by atoms with Gasteiger partial charge in [0.2, 0.25) is 0 Å². The summed E-state index contributed by atoms with van der Waals surface area (Å²) in [4.78, 5) is 6.57. The van der Waals surface area contributed by atoms with Crippen LogP contribution in [0.15, 0.2) is 28.1 Å². The first kappa shape index (κ1) is 14.0. The summed E-state index contributed by atoms with van der Waals surface area (Å²) >= 11 is 5.18. The maximum atomic E-state index is 7.43. The number of nitrogens with one attached hydrogen (secondary N) is 1. The van der Waals surface area contributed by atoms with Crippen LogP contribution < -0.4 is 10.6 Å². The van der Waals surface area contributed by atoms with Gasteiger partial charge in [-0.05, 0) is 41.1 Å². The summed E-state index contributed by atoms with van der Waals surface area (Å²) in [6.07, 6.45) is 0.